The van der Waals surface area contributed by atoms with E-state index in [0.717, 1.165) is 18.3 Å². The predicted octanol–water partition coefficient (Wildman–Crippen LogP) is 4.35. The lowest BCUT2D eigenvalue weighted by Gasteiger charge is -2.21. The first-order chi connectivity index (χ1) is 18.0. The highest BCUT2D eigenvalue weighted by Crippen LogP contribution is 2.31. The first kappa shape index (κ1) is 28.8. The lowest BCUT2D eigenvalue weighted by Crippen LogP contribution is -2.22. The molecular weight excluding hydrogens is 523 g/mol. The number of alkyl halides is 3. The van der Waals surface area contributed by atoms with Gasteiger partial charge >= 0.3 is 6.18 Å². The summed E-state index contributed by atoms with van der Waals surface area (Å²) in [7, 11) is 0. The standard InChI is InChI=1S/C25H26F3N5O4S/c1-15(33(14-35)13-17-11-30-16(2)32-23(17)29)21(9-10-34)38-24(36)19-5-3-4-6-20(19)37-18-7-8-22(31-12-18)25(26,27)28/h3-8,11-12,14,34,36,38H,9-10,13H2,1-2H3,(H2,29,30,32)/b21-15-. The van der Waals surface area contributed by atoms with Crippen LogP contribution in [0, 0.1) is 6.92 Å². The molecular formula is C25H26F3N5O4S. The molecule has 13 heteroatoms. The number of anilines is 1. The number of aliphatic hydroxyl groups excluding tert-OH is 2. The van der Waals surface area contributed by atoms with Crippen molar-refractivity contribution in [1.29, 1.82) is 0 Å². The third kappa shape index (κ3) is 7.37. The molecule has 0 atom stereocenters. The third-order valence-corrected chi connectivity index (χ3v) is 6.58. The summed E-state index contributed by atoms with van der Waals surface area (Å²) >= 11 is 0.276. The summed E-state index contributed by atoms with van der Waals surface area (Å²) in [6.45, 7) is 3.19. The van der Waals surface area contributed by atoms with Crippen LogP contribution in [-0.4, -0.2) is 48.1 Å². The minimum Gasteiger partial charge on any atom is -0.455 e. The zero-order chi connectivity index (χ0) is 27.9. The number of aryl methyl sites for hydroxylation is 1. The Morgan fingerprint density at radius 2 is 1.92 bits per heavy atom. The van der Waals surface area contributed by atoms with Crippen LogP contribution in [0.4, 0.5) is 19.0 Å². The van der Waals surface area contributed by atoms with E-state index in [4.69, 9.17) is 10.5 Å². The van der Waals surface area contributed by atoms with Gasteiger partial charge in [0.2, 0.25) is 6.41 Å². The van der Waals surface area contributed by atoms with Crippen molar-refractivity contribution in [2.24, 2.45) is 0 Å². The fourth-order valence-corrected chi connectivity index (χ4v) is 4.37. The zero-order valence-corrected chi connectivity index (χ0v) is 21.4. The molecule has 0 aliphatic rings. The molecule has 3 rings (SSSR count). The highest BCUT2D eigenvalue weighted by Gasteiger charge is 2.32. The van der Waals surface area contributed by atoms with E-state index in [1.807, 2.05) is 0 Å². The first-order valence-electron chi connectivity index (χ1n) is 11.2. The normalized spacial score (nSPS) is 12.9. The van der Waals surface area contributed by atoms with Crippen molar-refractivity contribution in [3.05, 3.63) is 82.0 Å². The van der Waals surface area contributed by atoms with Gasteiger partial charge in [-0.3, -0.25) is 4.79 Å². The molecule has 3 aromatic rings. The number of carbonyl (C=O) groups excluding carboxylic acids is 1. The monoisotopic (exact) mass is 549 g/mol. The van der Waals surface area contributed by atoms with E-state index in [9.17, 15) is 28.2 Å². The summed E-state index contributed by atoms with van der Waals surface area (Å²) in [4.78, 5) is 25.4. The molecule has 0 unspecified atom stereocenters. The number of carbonyl (C=O) groups is 1. The van der Waals surface area contributed by atoms with Gasteiger partial charge in [-0.05, 0) is 38.1 Å². The van der Waals surface area contributed by atoms with Gasteiger partial charge in [0.15, 0.2) is 0 Å². The van der Waals surface area contributed by atoms with E-state index in [-0.39, 0.29) is 58.9 Å². The SMILES string of the molecule is C/C(=C(CCO)/[SH]=C(\O)c1ccccc1Oc1ccc(C(F)(F)F)nc1)N(C=O)Cc1cnc(C)nc1N. The molecule has 1 aromatic carbocycles. The van der Waals surface area contributed by atoms with Crippen LogP contribution in [0.1, 0.15) is 36.0 Å². The predicted molar refractivity (Wildman–Crippen MR) is 139 cm³/mol. The number of hydrogen-bond donors (Lipinski definition) is 4. The molecule has 2 heterocycles. The maximum atomic E-state index is 12.8. The lowest BCUT2D eigenvalue weighted by atomic mass is 10.2. The Labute approximate surface area is 220 Å². The molecule has 9 nitrogen and oxygen atoms in total. The van der Waals surface area contributed by atoms with E-state index in [2.05, 4.69) is 15.0 Å². The second-order valence-electron chi connectivity index (χ2n) is 7.98. The number of aliphatic hydroxyl groups is 2. The Morgan fingerprint density at radius 3 is 2.53 bits per heavy atom. The average molecular weight is 550 g/mol. The number of benzene rings is 1. The number of halogens is 3. The minimum atomic E-state index is -4.58. The average Bonchev–Trinajstić information content (AvgIpc) is 2.87. The smallest absolute Gasteiger partial charge is 0.433 e. The number of hydrogen-bond acceptors (Lipinski definition) is 7. The van der Waals surface area contributed by atoms with Gasteiger partial charge in [-0.25, -0.2) is 15.0 Å². The number of nitrogens with zero attached hydrogens (tertiary/aromatic N) is 4. The molecule has 2 aromatic heterocycles. The van der Waals surface area contributed by atoms with Crippen molar-refractivity contribution in [3.63, 3.8) is 0 Å². The molecule has 0 saturated heterocycles. The number of ether oxygens (including phenoxy) is 1. The van der Waals surface area contributed by atoms with Gasteiger partial charge in [0, 0.05) is 35.4 Å². The van der Waals surface area contributed by atoms with Gasteiger partial charge < -0.3 is 25.6 Å². The van der Waals surface area contributed by atoms with Gasteiger partial charge in [-0.2, -0.15) is 13.2 Å². The number of pyridine rings is 1. The number of rotatable bonds is 10. The summed E-state index contributed by atoms with van der Waals surface area (Å²) in [6, 6.07) is 8.33. The van der Waals surface area contributed by atoms with Crippen LogP contribution in [0.15, 0.2) is 59.4 Å². The molecule has 0 fully saturated rings. The number of amides is 1. The largest absolute Gasteiger partial charge is 0.455 e. The van der Waals surface area contributed by atoms with Crippen LogP contribution in [0.2, 0.25) is 0 Å². The van der Waals surface area contributed by atoms with Crippen LogP contribution in [0.25, 0.3) is 0 Å². The highest BCUT2D eigenvalue weighted by molar-refractivity contribution is 8.02. The molecule has 4 N–H and O–H groups in total. The van der Waals surface area contributed by atoms with E-state index in [1.165, 1.54) is 11.1 Å². The Morgan fingerprint density at radius 1 is 1.18 bits per heavy atom. The Hall–Kier alpha value is -3.81. The van der Waals surface area contributed by atoms with Crippen LogP contribution in [0.3, 0.4) is 0 Å². The highest BCUT2D eigenvalue weighted by atomic mass is 32.1. The second-order valence-corrected chi connectivity index (χ2v) is 9.16. The quantitative estimate of drug-likeness (QED) is 0.167. The van der Waals surface area contributed by atoms with Gasteiger partial charge in [0.1, 0.15) is 33.9 Å². The lowest BCUT2D eigenvalue weighted by molar-refractivity contribution is -0.141. The van der Waals surface area contributed by atoms with Gasteiger partial charge in [-0.1, -0.05) is 12.1 Å². The first-order valence-corrected chi connectivity index (χ1v) is 12.1. The van der Waals surface area contributed by atoms with Crippen LogP contribution in [-0.2, 0) is 17.5 Å². The number of nitrogen functional groups attached to an aromatic ring is 1. The number of nitrogens with two attached hydrogens (primary N) is 1. The summed E-state index contributed by atoms with van der Waals surface area (Å²) in [6.07, 6.45) is -1.36. The van der Waals surface area contributed by atoms with Crippen LogP contribution in [0.5, 0.6) is 11.5 Å². The number of aromatic nitrogens is 3. The molecule has 0 bridgehead atoms. The van der Waals surface area contributed by atoms with E-state index < -0.39 is 11.9 Å². The van der Waals surface area contributed by atoms with Gasteiger partial charge in [0.25, 0.3) is 0 Å². The summed E-state index contributed by atoms with van der Waals surface area (Å²) in [5, 5.41) is 20.5. The fourth-order valence-electron chi connectivity index (χ4n) is 3.31. The fraction of sp³-hybridized carbons (Fsp3) is 0.240. The number of allylic oxidation sites excluding steroid dienone is 1. The number of thiol groups is 1. The van der Waals surface area contributed by atoms with Crippen molar-refractivity contribution >= 4 is 28.6 Å². The molecule has 0 radical (unpaired) electrons. The maximum Gasteiger partial charge on any atom is 0.433 e. The Kier molecular flexibility index (Phi) is 9.55. The molecule has 0 aliphatic carbocycles. The van der Waals surface area contributed by atoms with Crippen molar-refractivity contribution in [3.8, 4) is 11.5 Å². The summed E-state index contributed by atoms with van der Waals surface area (Å²) in [5.74, 6) is 0.943. The second kappa shape index (κ2) is 12.6. The zero-order valence-electron chi connectivity index (χ0n) is 20.5. The van der Waals surface area contributed by atoms with Crippen LogP contribution < -0.4 is 10.5 Å². The molecule has 38 heavy (non-hydrogen) atoms. The van der Waals surface area contributed by atoms with Crippen molar-refractivity contribution in [2.45, 2.75) is 33.0 Å². The van der Waals surface area contributed by atoms with E-state index in [1.54, 1.807) is 38.1 Å². The molecule has 1 amide bonds. The van der Waals surface area contributed by atoms with Crippen molar-refractivity contribution < 1.29 is 32.9 Å². The topological polar surface area (TPSA) is 135 Å². The Balaban J connectivity index is 1.92. The van der Waals surface area contributed by atoms with E-state index >= 15 is 0 Å². The third-order valence-electron chi connectivity index (χ3n) is 5.31. The van der Waals surface area contributed by atoms with E-state index in [0.29, 0.717) is 28.4 Å². The molecule has 0 saturated carbocycles. The minimum absolute atomic E-state index is 0.0438. The van der Waals surface area contributed by atoms with Crippen molar-refractivity contribution in [2.75, 3.05) is 12.3 Å². The van der Waals surface area contributed by atoms with Crippen LogP contribution >= 0.6 is 11.4 Å². The van der Waals surface area contributed by atoms with Gasteiger partial charge in [0.05, 0.1) is 18.3 Å². The Bertz CT molecular complexity index is 1350. The summed E-state index contributed by atoms with van der Waals surface area (Å²) < 4.78 is 44.1. The number of para-hydroxylation sites is 1. The van der Waals surface area contributed by atoms with Crippen molar-refractivity contribution in [1.82, 2.24) is 19.9 Å². The summed E-state index contributed by atoms with van der Waals surface area (Å²) in [5.41, 5.74) is 6.18. The maximum absolute atomic E-state index is 12.8. The molecule has 202 valence electrons. The van der Waals surface area contributed by atoms with Gasteiger partial charge in [-0.15, -0.1) is 11.4 Å². The molecule has 0 spiro atoms. The molecule has 0 aliphatic heterocycles.